The van der Waals surface area contributed by atoms with Crippen molar-refractivity contribution in [3.8, 4) is 0 Å². The highest BCUT2D eigenvalue weighted by Gasteiger charge is 2.27. The fraction of sp³-hybridized carbons (Fsp3) is 0.500. The Morgan fingerprint density at radius 3 is 2.73 bits per heavy atom. The molecular formula is C10H14N2O3. The number of aromatic nitrogens is 1. The largest absolute Gasteiger partial charge is 0.476 e. The molecule has 0 saturated carbocycles. The minimum absolute atomic E-state index is 0.00435. The highest BCUT2D eigenvalue weighted by molar-refractivity contribution is 5.88. The first kappa shape index (κ1) is 10.0. The Morgan fingerprint density at radius 2 is 2.13 bits per heavy atom. The molecule has 5 heteroatoms. The Hall–Kier alpha value is -1.49. The predicted molar refractivity (Wildman–Crippen MR) is 53.4 cm³/mol. The van der Waals surface area contributed by atoms with Crippen molar-refractivity contribution >= 4 is 5.97 Å². The fourth-order valence-electron chi connectivity index (χ4n) is 2.14. The van der Waals surface area contributed by atoms with Gasteiger partial charge < -0.3 is 15.2 Å². The van der Waals surface area contributed by atoms with Gasteiger partial charge in [0.25, 0.3) is 0 Å². The maximum atomic E-state index is 10.9. The van der Waals surface area contributed by atoms with Gasteiger partial charge in [0, 0.05) is 19.5 Å². The number of rotatable bonds is 1. The van der Waals surface area contributed by atoms with E-state index >= 15 is 0 Å². The number of carboxylic acids is 1. The van der Waals surface area contributed by atoms with Gasteiger partial charge in [0.15, 0.2) is 5.69 Å². The van der Waals surface area contributed by atoms with Gasteiger partial charge in [-0.25, -0.2) is 4.79 Å². The number of aromatic carboxylic acids is 1. The van der Waals surface area contributed by atoms with Crippen molar-refractivity contribution < 1.29 is 15.1 Å². The molecule has 2 N–H and O–H groups in total. The van der Waals surface area contributed by atoms with E-state index in [0.29, 0.717) is 18.5 Å². The Balaban J connectivity index is 2.58. The van der Waals surface area contributed by atoms with Crippen LogP contribution in [0.4, 0.5) is 0 Å². The van der Waals surface area contributed by atoms with E-state index in [1.165, 1.54) is 0 Å². The van der Waals surface area contributed by atoms with Gasteiger partial charge in [-0.05, 0) is 25.1 Å². The molecule has 2 heterocycles. The summed E-state index contributed by atoms with van der Waals surface area (Å²) in [6, 6.07) is 0. The lowest BCUT2D eigenvalue weighted by Crippen LogP contribution is -2.27. The summed E-state index contributed by atoms with van der Waals surface area (Å²) in [5.74, 6) is -1.08. The van der Waals surface area contributed by atoms with Crippen LogP contribution in [0.2, 0.25) is 0 Å². The van der Waals surface area contributed by atoms with Crippen LogP contribution in [0.25, 0.3) is 0 Å². The van der Waals surface area contributed by atoms with Crippen molar-refractivity contribution in [3.05, 3.63) is 22.5 Å². The summed E-state index contributed by atoms with van der Waals surface area (Å²) in [4.78, 5) is 13.1. The number of hydrogen-bond acceptors (Lipinski definition) is 3. The third-order valence-corrected chi connectivity index (χ3v) is 2.98. The van der Waals surface area contributed by atoms with Gasteiger partial charge in [-0.1, -0.05) is 0 Å². The van der Waals surface area contributed by atoms with Crippen molar-refractivity contribution in [1.29, 1.82) is 0 Å². The summed E-state index contributed by atoms with van der Waals surface area (Å²) in [6.45, 7) is 3.29. The zero-order chi connectivity index (χ0) is 11.2. The lowest BCUT2D eigenvalue weighted by Gasteiger charge is -2.22. The van der Waals surface area contributed by atoms with E-state index in [0.717, 1.165) is 22.5 Å². The second-order valence-corrected chi connectivity index (χ2v) is 4.00. The van der Waals surface area contributed by atoms with Gasteiger partial charge in [-0.3, -0.25) is 0 Å². The molecule has 1 aromatic heterocycles. The second kappa shape index (κ2) is 3.27. The van der Waals surface area contributed by atoms with E-state index in [1.54, 1.807) is 6.92 Å². The summed E-state index contributed by atoms with van der Waals surface area (Å²) < 4.78 is 0.833. The highest BCUT2D eigenvalue weighted by atomic mass is 16.5. The van der Waals surface area contributed by atoms with Crippen LogP contribution in [-0.2, 0) is 13.0 Å². The molecule has 1 aliphatic heterocycles. The molecule has 1 aromatic rings. The molecule has 0 radical (unpaired) electrons. The molecule has 1 aliphatic rings. The maximum Gasteiger partial charge on any atom is 0.356 e. The molecule has 5 nitrogen and oxygen atoms in total. The first-order valence-electron chi connectivity index (χ1n) is 4.86. The molecule has 0 spiro atoms. The van der Waals surface area contributed by atoms with E-state index in [2.05, 4.69) is 4.90 Å². The number of fused-ring (bicyclic) bond motifs is 1. The van der Waals surface area contributed by atoms with E-state index < -0.39 is 5.97 Å². The molecule has 0 aromatic carbocycles. The van der Waals surface area contributed by atoms with Gasteiger partial charge in [0.2, 0.25) is 0 Å². The van der Waals surface area contributed by atoms with Gasteiger partial charge in [0.1, 0.15) is 0 Å². The van der Waals surface area contributed by atoms with Gasteiger partial charge in [-0.15, -0.1) is 0 Å². The summed E-state index contributed by atoms with van der Waals surface area (Å²) in [5.41, 5.74) is 2.36. The molecular weight excluding hydrogens is 196 g/mol. The summed E-state index contributed by atoms with van der Waals surface area (Å²) >= 11 is 0. The minimum Gasteiger partial charge on any atom is -0.476 e. The molecule has 2 rings (SSSR count). The number of carboxylic acid groups (broad SMARTS) is 1. The predicted octanol–water partition coefficient (Wildman–Crippen LogP) is 0.720. The summed E-state index contributed by atoms with van der Waals surface area (Å²) in [5, 5.41) is 18.7. The standard InChI is InChI=1S/C10H14N2O3/c1-6-7-5-11(2)4-3-8(7)12(15)9(6)10(13)14/h15H,3-5H2,1-2H3,(H,13,14). The first-order valence-corrected chi connectivity index (χ1v) is 4.86. The van der Waals surface area contributed by atoms with Crippen LogP contribution >= 0.6 is 0 Å². The lowest BCUT2D eigenvalue weighted by atomic mass is 10.0. The number of likely N-dealkylation sites (N-methyl/N-ethyl adjacent to an activating group) is 1. The quantitative estimate of drug-likeness (QED) is 0.670. The first-order chi connectivity index (χ1) is 7.02. The van der Waals surface area contributed by atoms with Crippen LogP contribution in [0.1, 0.15) is 27.3 Å². The van der Waals surface area contributed by atoms with Gasteiger partial charge in [-0.2, -0.15) is 4.73 Å². The maximum absolute atomic E-state index is 10.9. The molecule has 15 heavy (non-hydrogen) atoms. The average Bonchev–Trinajstić information content (AvgIpc) is 2.39. The van der Waals surface area contributed by atoms with Crippen LogP contribution in [0.5, 0.6) is 0 Å². The SMILES string of the molecule is Cc1c2c(n(O)c1C(=O)O)CCN(C)C2. The topological polar surface area (TPSA) is 65.7 Å². The van der Waals surface area contributed by atoms with Crippen LogP contribution in [0.3, 0.4) is 0 Å². The van der Waals surface area contributed by atoms with Crippen LogP contribution < -0.4 is 0 Å². The Labute approximate surface area is 87.5 Å². The minimum atomic E-state index is -1.08. The van der Waals surface area contributed by atoms with Gasteiger partial charge in [0.05, 0.1) is 5.69 Å². The summed E-state index contributed by atoms with van der Waals surface area (Å²) in [6.07, 6.45) is 0.691. The van der Waals surface area contributed by atoms with E-state index in [4.69, 9.17) is 5.11 Å². The molecule has 0 amide bonds. The van der Waals surface area contributed by atoms with Crippen molar-refractivity contribution in [2.24, 2.45) is 0 Å². The zero-order valence-corrected chi connectivity index (χ0v) is 8.82. The lowest BCUT2D eigenvalue weighted by molar-refractivity contribution is 0.0638. The normalized spacial score (nSPS) is 16.4. The van der Waals surface area contributed by atoms with Crippen molar-refractivity contribution in [3.63, 3.8) is 0 Å². The third-order valence-electron chi connectivity index (χ3n) is 2.98. The Morgan fingerprint density at radius 1 is 1.47 bits per heavy atom. The molecule has 0 saturated heterocycles. The number of nitrogens with zero attached hydrogens (tertiary/aromatic N) is 2. The number of carbonyl (C=O) groups is 1. The van der Waals surface area contributed by atoms with Crippen molar-refractivity contribution in [2.45, 2.75) is 19.9 Å². The Kier molecular flexibility index (Phi) is 2.19. The van der Waals surface area contributed by atoms with Gasteiger partial charge >= 0.3 is 5.97 Å². The van der Waals surface area contributed by atoms with E-state index in [1.807, 2.05) is 7.05 Å². The monoisotopic (exact) mass is 210 g/mol. The smallest absolute Gasteiger partial charge is 0.356 e. The van der Waals surface area contributed by atoms with Crippen molar-refractivity contribution in [2.75, 3.05) is 13.6 Å². The zero-order valence-electron chi connectivity index (χ0n) is 8.82. The third kappa shape index (κ3) is 1.39. The summed E-state index contributed by atoms with van der Waals surface area (Å²) in [7, 11) is 1.98. The molecule has 82 valence electrons. The number of hydrogen-bond donors (Lipinski definition) is 2. The van der Waals surface area contributed by atoms with E-state index in [-0.39, 0.29) is 5.69 Å². The van der Waals surface area contributed by atoms with Crippen LogP contribution in [0, 0.1) is 6.92 Å². The van der Waals surface area contributed by atoms with E-state index in [9.17, 15) is 10.0 Å². The fourth-order valence-corrected chi connectivity index (χ4v) is 2.14. The molecule has 0 atom stereocenters. The molecule has 0 unspecified atom stereocenters. The highest BCUT2D eigenvalue weighted by Crippen LogP contribution is 2.26. The Bertz CT molecular complexity index is 423. The van der Waals surface area contributed by atoms with Crippen LogP contribution in [0.15, 0.2) is 0 Å². The molecule has 0 aliphatic carbocycles. The average molecular weight is 210 g/mol. The molecule has 0 fully saturated rings. The molecule has 0 bridgehead atoms. The van der Waals surface area contributed by atoms with Crippen LogP contribution in [-0.4, -0.2) is 39.5 Å². The second-order valence-electron chi connectivity index (χ2n) is 4.00. The van der Waals surface area contributed by atoms with Crippen molar-refractivity contribution in [1.82, 2.24) is 9.63 Å².